The average Bonchev–Trinajstić information content (AvgIpc) is 2.31. The van der Waals surface area contributed by atoms with Crippen LogP contribution < -0.4 is 4.90 Å². The van der Waals surface area contributed by atoms with Crippen molar-refractivity contribution >= 4 is 27.6 Å². The summed E-state index contributed by atoms with van der Waals surface area (Å²) in [5.74, 6) is -0.812. The molecule has 5 heteroatoms. The molecule has 1 aromatic carbocycles. The Morgan fingerprint density at radius 3 is 2.76 bits per heavy atom. The Bertz CT molecular complexity index is 454. The minimum atomic E-state index is -0.812. The van der Waals surface area contributed by atoms with Crippen LogP contribution in [0.15, 0.2) is 22.7 Å². The molecule has 0 amide bonds. The number of aliphatic carboxylic acids is 1. The fourth-order valence-corrected chi connectivity index (χ4v) is 2.14. The summed E-state index contributed by atoms with van der Waals surface area (Å²) in [6.45, 7) is 3.14. The van der Waals surface area contributed by atoms with E-state index in [9.17, 15) is 4.79 Å². The van der Waals surface area contributed by atoms with Crippen LogP contribution in [0, 0.1) is 11.3 Å². The number of nitriles is 1. The quantitative estimate of drug-likeness (QED) is 0.907. The molecule has 0 unspecified atom stereocenters. The lowest BCUT2D eigenvalue weighted by molar-refractivity contribution is -0.136. The average molecular weight is 297 g/mol. The van der Waals surface area contributed by atoms with Crippen molar-refractivity contribution in [3.63, 3.8) is 0 Å². The van der Waals surface area contributed by atoms with Gasteiger partial charge < -0.3 is 10.0 Å². The van der Waals surface area contributed by atoms with Crippen LogP contribution in [0.1, 0.15) is 18.9 Å². The van der Waals surface area contributed by atoms with Gasteiger partial charge in [0.15, 0.2) is 0 Å². The second kappa shape index (κ2) is 6.26. The van der Waals surface area contributed by atoms with Crippen molar-refractivity contribution in [1.29, 1.82) is 5.26 Å². The van der Waals surface area contributed by atoms with Gasteiger partial charge >= 0.3 is 5.97 Å². The van der Waals surface area contributed by atoms with Crippen molar-refractivity contribution in [3.8, 4) is 6.07 Å². The topological polar surface area (TPSA) is 64.3 Å². The van der Waals surface area contributed by atoms with Crippen LogP contribution in [0.4, 0.5) is 5.69 Å². The second-order valence-corrected chi connectivity index (χ2v) is 4.36. The van der Waals surface area contributed by atoms with E-state index in [1.807, 2.05) is 17.9 Å². The molecular weight excluding hydrogens is 284 g/mol. The Labute approximate surface area is 109 Å². The molecule has 0 aliphatic heterocycles. The van der Waals surface area contributed by atoms with Gasteiger partial charge in [-0.1, -0.05) is 0 Å². The molecule has 1 aromatic rings. The Balaban J connectivity index is 2.89. The monoisotopic (exact) mass is 296 g/mol. The van der Waals surface area contributed by atoms with E-state index in [2.05, 4.69) is 22.0 Å². The minimum absolute atomic E-state index is 0.0975. The van der Waals surface area contributed by atoms with Gasteiger partial charge in [0.25, 0.3) is 0 Å². The molecule has 0 heterocycles. The Kier molecular flexibility index (Phi) is 4.98. The van der Waals surface area contributed by atoms with Gasteiger partial charge in [0.1, 0.15) is 0 Å². The summed E-state index contributed by atoms with van der Waals surface area (Å²) in [4.78, 5) is 12.5. The van der Waals surface area contributed by atoms with Crippen LogP contribution in [-0.4, -0.2) is 24.2 Å². The first-order valence-corrected chi connectivity index (χ1v) is 6.04. The maximum absolute atomic E-state index is 10.6. The van der Waals surface area contributed by atoms with Gasteiger partial charge in [0, 0.05) is 17.6 Å². The smallest absolute Gasteiger partial charge is 0.305 e. The van der Waals surface area contributed by atoms with Crippen LogP contribution >= 0.6 is 15.9 Å². The van der Waals surface area contributed by atoms with Gasteiger partial charge in [-0.3, -0.25) is 4.79 Å². The van der Waals surface area contributed by atoms with E-state index in [4.69, 9.17) is 10.4 Å². The van der Waals surface area contributed by atoms with Crippen LogP contribution in [0.5, 0.6) is 0 Å². The molecule has 0 saturated carbocycles. The highest BCUT2D eigenvalue weighted by Gasteiger charge is 2.10. The third kappa shape index (κ3) is 3.75. The third-order valence-corrected chi connectivity index (χ3v) is 3.03. The van der Waals surface area contributed by atoms with Crippen molar-refractivity contribution in [3.05, 3.63) is 28.2 Å². The molecule has 4 nitrogen and oxygen atoms in total. The van der Waals surface area contributed by atoms with E-state index in [1.54, 1.807) is 12.1 Å². The molecule has 0 radical (unpaired) electrons. The standard InChI is InChI=1S/C12H13BrN2O2/c1-2-15(6-5-12(16)17)11-4-3-9(8-14)7-10(11)13/h3-4,7H,2,5-6H2,1H3,(H,16,17). The number of anilines is 1. The largest absolute Gasteiger partial charge is 0.481 e. The van der Waals surface area contributed by atoms with E-state index < -0.39 is 5.97 Å². The number of hydrogen-bond donors (Lipinski definition) is 1. The lowest BCUT2D eigenvalue weighted by Crippen LogP contribution is -2.26. The van der Waals surface area contributed by atoms with Crippen LogP contribution in [0.2, 0.25) is 0 Å². The molecule has 0 bridgehead atoms. The van der Waals surface area contributed by atoms with E-state index in [0.29, 0.717) is 12.1 Å². The highest BCUT2D eigenvalue weighted by atomic mass is 79.9. The maximum Gasteiger partial charge on any atom is 0.305 e. The second-order valence-electron chi connectivity index (χ2n) is 3.50. The highest BCUT2D eigenvalue weighted by Crippen LogP contribution is 2.27. The van der Waals surface area contributed by atoms with Crippen LogP contribution in [0.25, 0.3) is 0 Å². The fourth-order valence-electron chi connectivity index (χ4n) is 1.51. The number of halogens is 1. The van der Waals surface area contributed by atoms with E-state index in [0.717, 1.165) is 16.7 Å². The number of benzene rings is 1. The number of carboxylic acids is 1. The SMILES string of the molecule is CCN(CCC(=O)O)c1ccc(C#N)cc1Br. The first-order chi connectivity index (χ1) is 8.08. The van der Waals surface area contributed by atoms with Crippen molar-refractivity contribution in [2.24, 2.45) is 0 Å². The zero-order valence-corrected chi connectivity index (χ0v) is 11.1. The van der Waals surface area contributed by atoms with E-state index >= 15 is 0 Å². The number of rotatable bonds is 5. The molecule has 0 fully saturated rings. The van der Waals surface area contributed by atoms with Crippen molar-refractivity contribution in [2.75, 3.05) is 18.0 Å². The predicted octanol–water partition coefficient (Wildman–Crippen LogP) is 2.62. The Morgan fingerprint density at radius 1 is 1.59 bits per heavy atom. The van der Waals surface area contributed by atoms with E-state index in [1.165, 1.54) is 0 Å². The van der Waals surface area contributed by atoms with Gasteiger partial charge in [0.05, 0.1) is 23.7 Å². The molecule has 0 atom stereocenters. The lowest BCUT2D eigenvalue weighted by atomic mass is 10.2. The molecule has 0 saturated heterocycles. The molecule has 0 aliphatic rings. The number of hydrogen-bond acceptors (Lipinski definition) is 3. The molecule has 17 heavy (non-hydrogen) atoms. The maximum atomic E-state index is 10.6. The summed E-state index contributed by atoms with van der Waals surface area (Å²) in [7, 11) is 0. The summed E-state index contributed by atoms with van der Waals surface area (Å²) in [6.07, 6.45) is 0.0975. The fraction of sp³-hybridized carbons (Fsp3) is 0.333. The van der Waals surface area contributed by atoms with Gasteiger partial charge in [-0.25, -0.2) is 0 Å². The normalized spacial score (nSPS) is 9.71. The predicted molar refractivity (Wildman–Crippen MR) is 69.0 cm³/mol. The van der Waals surface area contributed by atoms with Crippen LogP contribution in [0.3, 0.4) is 0 Å². The summed E-state index contributed by atoms with van der Waals surface area (Å²) in [5.41, 5.74) is 1.49. The molecule has 0 aromatic heterocycles. The third-order valence-electron chi connectivity index (χ3n) is 2.39. The number of carboxylic acid groups (broad SMARTS) is 1. The van der Waals surface area contributed by atoms with Crippen molar-refractivity contribution < 1.29 is 9.90 Å². The van der Waals surface area contributed by atoms with Crippen LogP contribution in [-0.2, 0) is 4.79 Å². The molecule has 0 spiro atoms. The Hall–Kier alpha value is -1.54. The molecule has 90 valence electrons. The van der Waals surface area contributed by atoms with Gasteiger partial charge in [0.2, 0.25) is 0 Å². The molecule has 0 aliphatic carbocycles. The number of nitrogens with zero attached hydrogens (tertiary/aromatic N) is 2. The zero-order valence-electron chi connectivity index (χ0n) is 9.48. The summed E-state index contributed by atoms with van der Waals surface area (Å²) in [6, 6.07) is 7.35. The summed E-state index contributed by atoms with van der Waals surface area (Å²) < 4.78 is 0.809. The van der Waals surface area contributed by atoms with Gasteiger partial charge in [-0.15, -0.1) is 0 Å². The lowest BCUT2D eigenvalue weighted by Gasteiger charge is -2.23. The highest BCUT2D eigenvalue weighted by molar-refractivity contribution is 9.10. The van der Waals surface area contributed by atoms with Crippen molar-refractivity contribution in [1.82, 2.24) is 0 Å². The van der Waals surface area contributed by atoms with Gasteiger partial charge in [-0.05, 0) is 41.1 Å². The molecule has 1 rings (SSSR count). The zero-order chi connectivity index (χ0) is 12.8. The van der Waals surface area contributed by atoms with E-state index in [-0.39, 0.29) is 6.42 Å². The minimum Gasteiger partial charge on any atom is -0.481 e. The first-order valence-electron chi connectivity index (χ1n) is 5.25. The first kappa shape index (κ1) is 13.5. The molecule has 1 N–H and O–H groups in total. The Morgan fingerprint density at radius 2 is 2.29 bits per heavy atom. The van der Waals surface area contributed by atoms with Crippen molar-refractivity contribution in [2.45, 2.75) is 13.3 Å². The molecular formula is C12H13BrN2O2. The number of carbonyl (C=O) groups is 1. The summed E-state index contributed by atoms with van der Waals surface area (Å²) >= 11 is 3.40. The van der Waals surface area contributed by atoms with Gasteiger partial charge in [-0.2, -0.15) is 5.26 Å². The summed E-state index contributed by atoms with van der Waals surface area (Å²) in [5, 5.41) is 17.4.